The lowest BCUT2D eigenvalue weighted by atomic mass is 9.98. The Bertz CT molecular complexity index is 2650. The standard InChI is InChI=1S/C54H71N9O8/c1-8-9-24-45(47(55)64)62(7)52(69)44(27-33(2)3)61-50(67)42(29-35-31-56-39-22-15-13-20-37(35)39)59-48(65)41(28-34-18-11-10-12-19-34)58-49(66)43(30-36-32-57-40-23-16-14-21-38(36)40)60-51(68)46-25-17-26-63(46)53(70)71-54(4,5)6/h10-16,18-23,31-33,41-46,56-57H,8-9,17,24-30H2,1-7H3,(H2,55,64)(H,58,66)(H,59,65)(H,60,68)(H,61,67)/t41-,42+,43+,44-,45-,46-/m0/s1. The van der Waals surface area contributed by atoms with E-state index in [2.05, 4.69) is 31.2 Å². The van der Waals surface area contributed by atoms with Crippen molar-refractivity contribution in [1.29, 1.82) is 0 Å². The van der Waals surface area contributed by atoms with E-state index < -0.39 is 83.4 Å². The molecular formula is C54H71N9O8. The number of aromatic nitrogens is 2. The van der Waals surface area contributed by atoms with Crippen LogP contribution >= 0.6 is 0 Å². The zero-order valence-corrected chi connectivity index (χ0v) is 42.0. The number of para-hydroxylation sites is 2. The minimum absolute atomic E-state index is 0.00120. The summed E-state index contributed by atoms with van der Waals surface area (Å²) in [6.07, 6.45) is 5.90. The van der Waals surface area contributed by atoms with Crippen LogP contribution in [0.15, 0.2) is 91.3 Å². The largest absolute Gasteiger partial charge is 0.444 e. The van der Waals surface area contributed by atoms with Crippen molar-refractivity contribution in [3.63, 3.8) is 0 Å². The third kappa shape index (κ3) is 14.2. The Morgan fingerprint density at radius 2 is 1.24 bits per heavy atom. The van der Waals surface area contributed by atoms with Crippen molar-refractivity contribution < 1.29 is 38.3 Å². The SMILES string of the molecule is CCCC[C@@H](C(N)=O)N(C)C(=O)[C@H](CC(C)C)NC(=O)[C@@H](Cc1c[nH]c2ccccc12)NC(=O)[C@H](Cc1ccccc1)NC(=O)[C@@H](Cc1c[nH]c2ccccc12)NC(=O)[C@@H]1CCCN1C(=O)OC(C)(C)C. The molecule has 1 fully saturated rings. The number of ether oxygens (including phenoxy) is 1. The molecule has 380 valence electrons. The van der Waals surface area contributed by atoms with Crippen LogP contribution in [0.1, 0.15) is 96.8 Å². The van der Waals surface area contributed by atoms with Gasteiger partial charge in [0.1, 0.15) is 41.9 Å². The molecule has 5 aromatic rings. The normalized spacial score (nSPS) is 15.9. The number of amides is 7. The summed E-state index contributed by atoms with van der Waals surface area (Å²) in [5, 5.41) is 13.4. The van der Waals surface area contributed by atoms with Crippen LogP contribution in [0.2, 0.25) is 0 Å². The molecular weight excluding hydrogens is 903 g/mol. The van der Waals surface area contributed by atoms with Gasteiger partial charge in [0.2, 0.25) is 35.4 Å². The number of aromatic amines is 2. The van der Waals surface area contributed by atoms with Gasteiger partial charge in [-0.15, -0.1) is 0 Å². The summed E-state index contributed by atoms with van der Waals surface area (Å²) in [6.45, 7) is 11.3. The molecule has 0 spiro atoms. The maximum Gasteiger partial charge on any atom is 0.410 e. The maximum absolute atomic E-state index is 14.9. The van der Waals surface area contributed by atoms with Crippen molar-refractivity contribution in [2.45, 2.75) is 141 Å². The van der Waals surface area contributed by atoms with Crippen LogP contribution in [0, 0.1) is 5.92 Å². The number of nitrogens with zero attached hydrogens (tertiary/aromatic N) is 2. The van der Waals surface area contributed by atoms with Crippen LogP contribution < -0.4 is 27.0 Å². The number of likely N-dealkylation sites (N-methyl/N-ethyl adjacent to an activating group) is 1. The van der Waals surface area contributed by atoms with Crippen molar-refractivity contribution in [1.82, 2.24) is 41.0 Å². The Balaban J connectivity index is 1.32. The predicted octanol–water partition coefficient (Wildman–Crippen LogP) is 5.56. The molecule has 0 bridgehead atoms. The molecule has 1 aliphatic rings. The number of nitrogens with one attached hydrogen (secondary N) is 6. The zero-order chi connectivity index (χ0) is 51.4. The van der Waals surface area contributed by atoms with Crippen LogP contribution in [-0.2, 0) is 52.8 Å². The lowest BCUT2D eigenvalue weighted by molar-refractivity contribution is -0.142. The number of benzene rings is 3. The van der Waals surface area contributed by atoms with Crippen molar-refractivity contribution in [2.24, 2.45) is 11.7 Å². The number of nitrogens with two attached hydrogens (primary N) is 1. The van der Waals surface area contributed by atoms with E-state index in [1.165, 1.54) is 16.8 Å². The number of hydrogen-bond donors (Lipinski definition) is 7. The third-order valence-corrected chi connectivity index (χ3v) is 12.9. The molecule has 3 heterocycles. The first-order valence-electron chi connectivity index (χ1n) is 24.7. The van der Waals surface area contributed by atoms with Gasteiger partial charge in [-0.25, -0.2) is 4.79 Å². The fourth-order valence-electron chi connectivity index (χ4n) is 9.20. The molecule has 0 radical (unpaired) electrons. The fourth-order valence-corrected chi connectivity index (χ4v) is 9.20. The molecule has 17 nitrogen and oxygen atoms in total. The average Bonchev–Trinajstić information content (AvgIpc) is 4.09. The van der Waals surface area contributed by atoms with E-state index in [4.69, 9.17) is 10.5 Å². The number of H-pyrrole nitrogens is 2. The molecule has 0 unspecified atom stereocenters. The number of carbonyl (C=O) groups excluding carboxylic acids is 7. The summed E-state index contributed by atoms with van der Waals surface area (Å²) in [5.41, 5.74) is 8.79. The van der Waals surface area contributed by atoms with Crippen molar-refractivity contribution in [2.75, 3.05) is 13.6 Å². The average molecular weight is 974 g/mol. The maximum atomic E-state index is 14.9. The molecule has 6 atom stereocenters. The highest BCUT2D eigenvalue weighted by molar-refractivity contribution is 5.98. The minimum atomic E-state index is -1.27. The number of unbranched alkanes of at least 4 members (excludes halogenated alkanes) is 1. The molecule has 8 N–H and O–H groups in total. The number of carbonyl (C=O) groups is 7. The lowest BCUT2D eigenvalue weighted by Gasteiger charge is -2.32. The number of primary amides is 1. The van der Waals surface area contributed by atoms with Gasteiger partial charge in [-0.05, 0) is 81.2 Å². The van der Waals surface area contributed by atoms with Gasteiger partial charge in [0.05, 0.1) is 0 Å². The molecule has 3 aromatic carbocycles. The summed E-state index contributed by atoms with van der Waals surface area (Å²) >= 11 is 0. The minimum Gasteiger partial charge on any atom is -0.444 e. The number of hydrogen-bond acceptors (Lipinski definition) is 8. The van der Waals surface area contributed by atoms with Crippen LogP contribution in [-0.4, -0.2) is 117 Å². The van der Waals surface area contributed by atoms with Gasteiger partial charge in [-0.1, -0.05) is 100 Å². The summed E-state index contributed by atoms with van der Waals surface area (Å²) in [5.74, 6) is -3.76. The van der Waals surface area contributed by atoms with Crippen molar-refractivity contribution >= 4 is 63.3 Å². The van der Waals surface area contributed by atoms with Crippen molar-refractivity contribution in [3.8, 4) is 0 Å². The highest BCUT2D eigenvalue weighted by atomic mass is 16.6. The Morgan fingerprint density at radius 3 is 1.76 bits per heavy atom. The van der Waals surface area contributed by atoms with E-state index in [1.54, 1.807) is 33.2 Å². The van der Waals surface area contributed by atoms with E-state index in [0.717, 1.165) is 39.4 Å². The molecule has 0 aliphatic carbocycles. The van der Waals surface area contributed by atoms with Gasteiger partial charge in [0, 0.05) is 67.1 Å². The van der Waals surface area contributed by atoms with Gasteiger partial charge >= 0.3 is 6.09 Å². The molecule has 1 saturated heterocycles. The van der Waals surface area contributed by atoms with Gasteiger partial charge < -0.3 is 46.6 Å². The molecule has 2 aromatic heterocycles. The molecule has 1 aliphatic heterocycles. The van der Waals surface area contributed by atoms with E-state index in [1.807, 2.05) is 99.6 Å². The second-order valence-corrected chi connectivity index (χ2v) is 20.0. The molecule has 7 amide bonds. The monoisotopic (exact) mass is 974 g/mol. The second-order valence-electron chi connectivity index (χ2n) is 20.0. The van der Waals surface area contributed by atoms with Crippen molar-refractivity contribution in [3.05, 3.63) is 108 Å². The van der Waals surface area contributed by atoms with Crippen LogP contribution in [0.3, 0.4) is 0 Å². The topological polar surface area (TPSA) is 241 Å². The molecule has 0 saturated carbocycles. The fraction of sp³-hybridized carbons (Fsp3) is 0.463. The highest BCUT2D eigenvalue weighted by Gasteiger charge is 2.40. The summed E-state index contributed by atoms with van der Waals surface area (Å²) < 4.78 is 5.63. The Labute approximate surface area is 415 Å². The van der Waals surface area contributed by atoms with E-state index >= 15 is 0 Å². The Hall–Kier alpha value is -7.17. The predicted molar refractivity (Wildman–Crippen MR) is 273 cm³/mol. The Morgan fingerprint density at radius 1 is 0.732 bits per heavy atom. The summed E-state index contributed by atoms with van der Waals surface area (Å²) in [6, 6.07) is 17.6. The number of rotatable bonds is 22. The first-order chi connectivity index (χ1) is 33.8. The van der Waals surface area contributed by atoms with E-state index in [0.29, 0.717) is 37.8 Å². The Kier molecular flexibility index (Phi) is 18.1. The summed E-state index contributed by atoms with van der Waals surface area (Å²) in [4.78, 5) is 108. The van der Waals surface area contributed by atoms with E-state index in [9.17, 15) is 33.6 Å². The van der Waals surface area contributed by atoms with E-state index in [-0.39, 0.29) is 31.6 Å². The molecule has 71 heavy (non-hydrogen) atoms. The second kappa shape index (κ2) is 24.1. The highest BCUT2D eigenvalue weighted by Crippen LogP contribution is 2.24. The molecule has 6 rings (SSSR count). The zero-order valence-electron chi connectivity index (χ0n) is 42.0. The first kappa shape index (κ1) is 53.2. The number of fused-ring (bicyclic) bond motifs is 2. The van der Waals surface area contributed by atoms with Gasteiger partial charge in [-0.2, -0.15) is 0 Å². The summed E-state index contributed by atoms with van der Waals surface area (Å²) in [7, 11) is 1.51. The van der Waals surface area contributed by atoms with Gasteiger partial charge in [0.15, 0.2) is 0 Å². The lowest BCUT2D eigenvalue weighted by Crippen LogP contribution is -2.60. The first-order valence-corrected chi connectivity index (χ1v) is 24.7. The quantitative estimate of drug-likeness (QED) is 0.0462. The van der Waals surface area contributed by atoms with Crippen LogP contribution in [0.4, 0.5) is 4.79 Å². The number of likely N-dealkylation sites (tertiary alicyclic amines) is 1. The smallest absolute Gasteiger partial charge is 0.410 e. The van der Waals surface area contributed by atoms with Crippen LogP contribution in [0.5, 0.6) is 0 Å². The van der Waals surface area contributed by atoms with Crippen LogP contribution in [0.25, 0.3) is 21.8 Å². The molecule has 17 heteroatoms. The third-order valence-electron chi connectivity index (χ3n) is 12.9. The van der Waals surface area contributed by atoms with Gasteiger partial charge in [0.25, 0.3) is 0 Å². The van der Waals surface area contributed by atoms with Gasteiger partial charge in [-0.3, -0.25) is 33.7 Å².